The van der Waals surface area contributed by atoms with Crippen LogP contribution in [0.1, 0.15) is 18.0 Å². The Bertz CT molecular complexity index is 544. The zero-order valence-electron chi connectivity index (χ0n) is 10.6. The van der Waals surface area contributed by atoms with Crippen molar-refractivity contribution in [3.8, 4) is 11.3 Å². The molecule has 1 aromatic carbocycles. The molecule has 2 heterocycles. The molecule has 4 heteroatoms. The summed E-state index contributed by atoms with van der Waals surface area (Å²) in [6.07, 6.45) is 1.04. The quantitative estimate of drug-likeness (QED) is 0.848. The number of fused-ring (bicyclic) bond motifs is 1. The fraction of sp³-hybridized carbons (Fsp3) is 0.357. The van der Waals surface area contributed by atoms with Crippen LogP contribution in [0.3, 0.4) is 0 Å². The Labute approximate surface area is 107 Å². The highest BCUT2D eigenvalue weighted by Gasteiger charge is 2.23. The number of nitrogens with zero attached hydrogens (tertiary/aromatic N) is 2. The summed E-state index contributed by atoms with van der Waals surface area (Å²) in [4.78, 5) is 0. The van der Waals surface area contributed by atoms with E-state index in [4.69, 9.17) is 10.8 Å². The molecule has 3 N–H and O–H groups in total. The van der Waals surface area contributed by atoms with Crippen LogP contribution in [-0.4, -0.2) is 22.9 Å². The number of hydrogen-bond acceptors (Lipinski definition) is 3. The van der Waals surface area contributed by atoms with Crippen molar-refractivity contribution < 1.29 is 0 Å². The average Bonchev–Trinajstić information content (AvgIpc) is 2.77. The normalized spacial score (nSPS) is 18.2. The van der Waals surface area contributed by atoms with Gasteiger partial charge in [-0.25, -0.2) is 4.68 Å². The van der Waals surface area contributed by atoms with Gasteiger partial charge in [0.1, 0.15) is 5.82 Å². The predicted octanol–water partition coefficient (Wildman–Crippen LogP) is 2.17. The molecule has 0 saturated heterocycles. The number of aromatic nitrogens is 2. The maximum absolute atomic E-state index is 5.83. The van der Waals surface area contributed by atoms with Gasteiger partial charge in [-0.15, -0.1) is 0 Å². The van der Waals surface area contributed by atoms with Gasteiger partial charge in [-0.1, -0.05) is 30.3 Å². The van der Waals surface area contributed by atoms with Crippen LogP contribution in [0, 0.1) is 6.92 Å². The van der Waals surface area contributed by atoms with Gasteiger partial charge in [0.2, 0.25) is 0 Å². The second-order valence-electron chi connectivity index (χ2n) is 4.74. The number of nitrogens with one attached hydrogen (secondary N) is 1. The number of anilines is 1. The van der Waals surface area contributed by atoms with Gasteiger partial charge in [0.15, 0.2) is 0 Å². The Morgan fingerprint density at radius 3 is 2.89 bits per heavy atom. The second kappa shape index (κ2) is 4.46. The highest BCUT2D eigenvalue weighted by atomic mass is 15.4. The van der Waals surface area contributed by atoms with Crippen LogP contribution in [-0.2, 0) is 0 Å². The van der Waals surface area contributed by atoms with E-state index in [-0.39, 0.29) is 0 Å². The number of hydrogen-bond donors (Lipinski definition) is 2. The molecule has 0 radical (unpaired) electrons. The Morgan fingerprint density at radius 1 is 1.39 bits per heavy atom. The summed E-state index contributed by atoms with van der Waals surface area (Å²) in [5, 5.41) is 8.18. The second-order valence-corrected chi connectivity index (χ2v) is 4.74. The van der Waals surface area contributed by atoms with Gasteiger partial charge in [0.25, 0.3) is 0 Å². The third-order valence-corrected chi connectivity index (χ3v) is 3.58. The van der Waals surface area contributed by atoms with Crippen molar-refractivity contribution in [2.75, 3.05) is 18.4 Å². The summed E-state index contributed by atoms with van der Waals surface area (Å²) in [7, 11) is 0. The van der Waals surface area contributed by atoms with Crippen molar-refractivity contribution >= 4 is 5.82 Å². The third kappa shape index (κ3) is 1.69. The summed E-state index contributed by atoms with van der Waals surface area (Å²) in [6, 6.07) is 10.6. The minimum absolute atomic E-state index is 0.317. The molecule has 0 aliphatic carbocycles. The molecule has 1 atom stereocenters. The molecular formula is C14H18N4. The highest BCUT2D eigenvalue weighted by molar-refractivity contribution is 5.69. The first kappa shape index (κ1) is 11.3. The third-order valence-electron chi connectivity index (χ3n) is 3.58. The van der Waals surface area contributed by atoms with E-state index in [0.29, 0.717) is 12.6 Å². The molecule has 1 unspecified atom stereocenters. The fourth-order valence-corrected chi connectivity index (χ4v) is 2.56. The molecule has 0 amide bonds. The summed E-state index contributed by atoms with van der Waals surface area (Å²) in [6.45, 7) is 3.74. The van der Waals surface area contributed by atoms with E-state index in [1.807, 2.05) is 18.2 Å². The molecule has 2 aromatic rings. The standard InChI is InChI=1S/C14H18N4/c1-10-13(11-5-3-2-4-6-11)17-18-12(9-15)7-8-16-14(10)18/h2-6,12,16H,7-9,15H2,1H3. The van der Waals surface area contributed by atoms with Gasteiger partial charge in [-0.2, -0.15) is 5.10 Å². The minimum Gasteiger partial charge on any atom is -0.370 e. The van der Waals surface area contributed by atoms with Crippen LogP contribution in [0.2, 0.25) is 0 Å². The number of benzene rings is 1. The highest BCUT2D eigenvalue weighted by Crippen LogP contribution is 2.32. The monoisotopic (exact) mass is 242 g/mol. The van der Waals surface area contributed by atoms with Crippen molar-refractivity contribution in [2.24, 2.45) is 5.73 Å². The molecule has 0 saturated carbocycles. The van der Waals surface area contributed by atoms with Crippen LogP contribution >= 0.6 is 0 Å². The Balaban J connectivity index is 2.11. The van der Waals surface area contributed by atoms with Gasteiger partial charge in [0.05, 0.1) is 11.7 Å². The van der Waals surface area contributed by atoms with E-state index in [0.717, 1.165) is 30.0 Å². The minimum atomic E-state index is 0.317. The van der Waals surface area contributed by atoms with Gasteiger partial charge >= 0.3 is 0 Å². The van der Waals surface area contributed by atoms with E-state index >= 15 is 0 Å². The summed E-state index contributed by atoms with van der Waals surface area (Å²) < 4.78 is 2.06. The molecule has 18 heavy (non-hydrogen) atoms. The van der Waals surface area contributed by atoms with Crippen LogP contribution in [0.4, 0.5) is 5.82 Å². The summed E-state index contributed by atoms with van der Waals surface area (Å²) in [5.74, 6) is 1.12. The molecule has 4 nitrogen and oxygen atoms in total. The lowest BCUT2D eigenvalue weighted by molar-refractivity contribution is 0.428. The SMILES string of the molecule is Cc1c(-c2ccccc2)nn2c1NCCC2CN. The zero-order chi connectivity index (χ0) is 12.5. The Hall–Kier alpha value is -1.81. The van der Waals surface area contributed by atoms with Crippen LogP contribution in [0.25, 0.3) is 11.3 Å². The zero-order valence-corrected chi connectivity index (χ0v) is 10.6. The molecule has 94 valence electrons. The largest absolute Gasteiger partial charge is 0.370 e. The van der Waals surface area contributed by atoms with E-state index in [9.17, 15) is 0 Å². The van der Waals surface area contributed by atoms with E-state index < -0.39 is 0 Å². The van der Waals surface area contributed by atoms with Gasteiger partial charge in [-0.3, -0.25) is 0 Å². The maximum atomic E-state index is 5.83. The molecule has 1 aliphatic heterocycles. The molecular weight excluding hydrogens is 224 g/mol. The molecule has 1 aromatic heterocycles. The first-order valence-corrected chi connectivity index (χ1v) is 6.39. The van der Waals surface area contributed by atoms with Crippen molar-refractivity contribution in [3.63, 3.8) is 0 Å². The lowest BCUT2D eigenvalue weighted by Crippen LogP contribution is -2.29. The topological polar surface area (TPSA) is 55.9 Å². The van der Waals surface area contributed by atoms with E-state index in [2.05, 4.69) is 29.1 Å². The van der Waals surface area contributed by atoms with Crippen molar-refractivity contribution in [1.82, 2.24) is 9.78 Å². The summed E-state index contributed by atoms with van der Waals surface area (Å²) in [5.41, 5.74) is 9.25. The van der Waals surface area contributed by atoms with Gasteiger partial charge in [-0.05, 0) is 13.3 Å². The van der Waals surface area contributed by atoms with Crippen molar-refractivity contribution in [1.29, 1.82) is 0 Å². The lowest BCUT2D eigenvalue weighted by Gasteiger charge is -2.24. The average molecular weight is 242 g/mol. The van der Waals surface area contributed by atoms with Gasteiger partial charge in [0, 0.05) is 24.2 Å². The first-order valence-electron chi connectivity index (χ1n) is 6.39. The summed E-state index contributed by atoms with van der Waals surface area (Å²) >= 11 is 0. The number of nitrogens with two attached hydrogens (primary N) is 1. The lowest BCUT2D eigenvalue weighted by atomic mass is 10.1. The maximum Gasteiger partial charge on any atom is 0.128 e. The first-order chi connectivity index (χ1) is 8.81. The van der Waals surface area contributed by atoms with Gasteiger partial charge < -0.3 is 11.1 Å². The predicted molar refractivity (Wildman–Crippen MR) is 73.6 cm³/mol. The molecule has 3 rings (SSSR count). The van der Waals surface area contributed by atoms with Crippen LogP contribution < -0.4 is 11.1 Å². The molecule has 0 spiro atoms. The van der Waals surface area contributed by atoms with Crippen molar-refractivity contribution in [3.05, 3.63) is 35.9 Å². The molecule has 1 aliphatic rings. The van der Waals surface area contributed by atoms with E-state index in [1.54, 1.807) is 0 Å². The Morgan fingerprint density at radius 2 is 2.17 bits per heavy atom. The molecule has 0 bridgehead atoms. The van der Waals surface area contributed by atoms with Crippen LogP contribution in [0.15, 0.2) is 30.3 Å². The Kier molecular flexibility index (Phi) is 2.80. The molecule has 0 fully saturated rings. The fourth-order valence-electron chi connectivity index (χ4n) is 2.56. The van der Waals surface area contributed by atoms with Crippen LogP contribution in [0.5, 0.6) is 0 Å². The number of rotatable bonds is 2. The smallest absolute Gasteiger partial charge is 0.128 e. The van der Waals surface area contributed by atoms with Crippen molar-refractivity contribution in [2.45, 2.75) is 19.4 Å². The van der Waals surface area contributed by atoms with E-state index in [1.165, 1.54) is 5.56 Å².